The first-order valence-corrected chi connectivity index (χ1v) is 6.58. The number of halogens is 3. The molecule has 4 N–H and O–H groups in total. The Labute approximate surface area is 118 Å². The molecule has 0 saturated heterocycles. The van der Waals surface area contributed by atoms with Crippen molar-refractivity contribution in [1.82, 2.24) is 0 Å². The van der Waals surface area contributed by atoms with Gasteiger partial charge in [0.15, 0.2) is 5.84 Å². The molecule has 1 aromatic carbocycles. The number of aliphatic hydroxyl groups is 1. The molecule has 0 aliphatic heterocycles. The fourth-order valence-corrected chi connectivity index (χ4v) is 2.38. The molecule has 0 amide bonds. The largest absolute Gasteiger partial charge is 0.417 e. The van der Waals surface area contributed by atoms with E-state index in [1.165, 1.54) is 6.07 Å². The van der Waals surface area contributed by atoms with Crippen molar-refractivity contribution >= 4 is 17.6 Å². The molecule has 0 fully saturated rings. The minimum absolute atomic E-state index is 0.259. The maximum atomic E-state index is 13.0. The third kappa shape index (κ3) is 4.04. The van der Waals surface area contributed by atoms with E-state index in [9.17, 15) is 18.3 Å². The van der Waals surface area contributed by atoms with Crippen molar-refractivity contribution in [2.24, 2.45) is 10.9 Å². The van der Waals surface area contributed by atoms with Crippen molar-refractivity contribution in [3.8, 4) is 0 Å². The van der Waals surface area contributed by atoms with Crippen molar-refractivity contribution in [2.75, 3.05) is 0 Å². The van der Waals surface area contributed by atoms with Crippen LogP contribution in [0.5, 0.6) is 0 Å². The Hall–Kier alpha value is -1.41. The van der Waals surface area contributed by atoms with Crippen LogP contribution in [0.3, 0.4) is 0 Å². The van der Waals surface area contributed by atoms with Crippen LogP contribution in [0.25, 0.3) is 0 Å². The summed E-state index contributed by atoms with van der Waals surface area (Å²) in [5.41, 5.74) is 3.89. The summed E-state index contributed by atoms with van der Waals surface area (Å²) in [5, 5.41) is 20.2. The fourth-order valence-electron chi connectivity index (χ4n) is 1.42. The number of nitrogens with zero attached hydrogens (tertiary/aromatic N) is 1. The van der Waals surface area contributed by atoms with Crippen LogP contribution >= 0.6 is 11.8 Å². The molecule has 4 nitrogen and oxygen atoms in total. The van der Waals surface area contributed by atoms with Gasteiger partial charge in [0.05, 0.1) is 11.7 Å². The van der Waals surface area contributed by atoms with Crippen LogP contribution in [0, 0.1) is 0 Å². The highest BCUT2D eigenvalue weighted by Gasteiger charge is 2.34. The third-order valence-corrected chi connectivity index (χ3v) is 3.97. The molecule has 0 aliphatic rings. The number of benzene rings is 1. The second-order valence-electron chi connectivity index (χ2n) is 4.25. The van der Waals surface area contributed by atoms with Gasteiger partial charge in [-0.25, -0.2) is 0 Å². The SMILES string of the molecule is CC(O)C(C)Sc1ccc(/C(N)=N/O)c(C(F)(F)F)c1. The van der Waals surface area contributed by atoms with Gasteiger partial charge in [-0.05, 0) is 25.1 Å². The molecule has 2 atom stereocenters. The van der Waals surface area contributed by atoms with Crippen LogP contribution in [-0.2, 0) is 6.18 Å². The smallest absolute Gasteiger partial charge is 0.409 e. The Morgan fingerprint density at radius 2 is 1.95 bits per heavy atom. The summed E-state index contributed by atoms with van der Waals surface area (Å²) in [6.45, 7) is 3.27. The Morgan fingerprint density at radius 1 is 1.35 bits per heavy atom. The number of thioether (sulfide) groups is 1. The first-order valence-electron chi connectivity index (χ1n) is 5.70. The second kappa shape index (κ2) is 6.36. The van der Waals surface area contributed by atoms with Crippen LogP contribution in [0.4, 0.5) is 13.2 Å². The molecule has 0 spiro atoms. The zero-order valence-corrected chi connectivity index (χ0v) is 11.7. The van der Waals surface area contributed by atoms with Gasteiger partial charge in [-0.3, -0.25) is 0 Å². The van der Waals surface area contributed by atoms with E-state index in [-0.39, 0.29) is 10.8 Å². The molecule has 112 valence electrons. The number of rotatable bonds is 4. The average molecular weight is 308 g/mol. The van der Waals surface area contributed by atoms with Crippen molar-refractivity contribution in [3.63, 3.8) is 0 Å². The lowest BCUT2D eigenvalue weighted by atomic mass is 10.1. The first kappa shape index (κ1) is 16.6. The van der Waals surface area contributed by atoms with Gasteiger partial charge < -0.3 is 16.0 Å². The van der Waals surface area contributed by atoms with E-state index in [1.54, 1.807) is 13.8 Å². The predicted molar refractivity (Wildman–Crippen MR) is 71.0 cm³/mol. The molecule has 0 radical (unpaired) electrons. The highest BCUT2D eigenvalue weighted by Crippen LogP contribution is 2.36. The van der Waals surface area contributed by atoms with Crippen LogP contribution in [0.15, 0.2) is 28.3 Å². The Morgan fingerprint density at radius 3 is 2.40 bits per heavy atom. The van der Waals surface area contributed by atoms with E-state index < -0.39 is 23.7 Å². The Kier molecular flexibility index (Phi) is 5.29. The predicted octanol–water partition coefficient (Wildman–Crippen LogP) is 2.66. The van der Waals surface area contributed by atoms with Gasteiger partial charge in [0.25, 0.3) is 0 Å². The zero-order valence-electron chi connectivity index (χ0n) is 10.8. The van der Waals surface area contributed by atoms with E-state index in [1.807, 2.05) is 0 Å². The zero-order chi connectivity index (χ0) is 15.5. The molecule has 20 heavy (non-hydrogen) atoms. The van der Waals surface area contributed by atoms with Gasteiger partial charge in [-0.15, -0.1) is 11.8 Å². The lowest BCUT2D eigenvalue weighted by Gasteiger charge is -2.17. The summed E-state index contributed by atoms with van der Waals surface area (Å²) in [6, 6.07) is 3.51. The van der Waals surface area contributed by atoms with Crippen molar-refractivity contribution < 1.29 is 23.5 Å². The molecule has 0 aliphatic carbocycles. The summed E-state index contributed by atoms with van der Waals surface area (Å²) in [6.07, 6.45) is -5.27. The standard InChI is InChI=1S/C12H15F3N2O2S/c1-6(18)7(2)20-8-3-4-9(11(16)17-19)10(5-8)12(13,14)15/h3-7,18-19H,1-2H3,(H2,16,17). The molecule has 0 bridgehead atoms. The topological polar surface area (TPSA) is 78.8 Å². The van der Waals surface area contributed by atoms with E-state index in [4.69, 9.17) is 10.9 Å². The number of amidine groups is 1. The number of hydrogen-bond acceptors (Lipinski definition) is 4. The molecule has 1 rings (SSSR count). The number of alkyl halides is 3. The van der Waals surface area contributed by atoms with Crippen LogP contribution < -0.4 is 5.73 Å². The molecular weight excluding hydrogens is 293 g/mol. The van der Waals surface area contributed by atoms with E-state index >= 15 is 0 Å². The second-order valence-corrected chi connectivity index (χ2v) is 5.70. The maximum Gasteiger partial charge on any atom is 0.417 e. The normalized spacial score (nSPS) is 16.0. The molecule has 1 aromatic rings. The van der Waals surface area contributed by atoms with Gasteiger partial charge >= 0.3 is 6.18 Å². The lowest BCUT2D eigenvalue weighted by molar-refractivity contribution is -0.137. The third-order valence-electron chi connectivity index (χ3n) is 2.68. The maximum absolute atomic E-state index is 13.0. The number of nitrogens with two attached hydrogens (primary N) is 1. The summed E-state index contributed by atoms with van der Waals surface area (Å²) in [7, 11) is 0. The highest BCUT2D eigenvalue weighted by atomic mass is 32.2. The van der Waals surface area contributed by atoms with Crippen LogP contribution in [0.1, 0.15) is 25.0 Å². The molecule has 0 aromatic heterocycles. The highest BCUT2D eigenvalue weighted by molar-refractivity contribution is 8.00. The number of hydrogen-bond donors (Lipinski definition) is 3. The quantitative estimate of drug-likeness (QED) is 0.263. The summed E-state index contributed by atoms with van der Waals surface area (Å²) in [4.78, 5) is 0.347. The monoisotopic (exact) mass is 308 g/mol. The van der Waals surface area contributed by atoms with Gasteiger partial charge in [0.1, 0.15) is 0 Å². The molecule has 0 heterocycles. The van der Waals surface area contributed by atoms with Crippen LogP contribution in [-0.4, -0.2) is 27.5 Å². The van der Waals surface area contributed by atoms with E-state index in [0.29, 0.717) is 4.90 Å². The van der Waals surface area contributed by atoms with Gasteiger partial charge in [-0.2, -0.15) is 13.2 Å². The average Bonchev–Trinajstić information content (AvgIpc) is 2.36. The summed E-state index contributed by atoms with van der Waals surface area (Å²) < 4.78 is 38.9. The van der Waals surface area contributed by atoms with Gasteiger partial charge in [0, 0.05) is 15.7 Å². The van der Waals surface area contributed by atoms with Gasteiger partial charge in [0.2, 0.25) is 0 Å². The fraction of sp³-hybridized carbons (Fsp3) is 0.417. The first-order chi connectivity index (χ1) is 9.16. The molecule has 8 heteroatoms. The molecular formula is C12H15F3N2O2S. The minimum Gasteiger partial charge on any atom is -0.409 e. The molecule has 2 unspecified atom stereocenters. The summed E-state index contributed by atoms with van der Waals surface area (Å²) >= 11 is 1.12. The molecule has 0 saturated carbocycles. The Balaban J connectivity index is 3.22. The van der Waals surface area contributed by atoms with Crippen molar-refractivity contribution in [2.45, 2.75) is 36.3 Å². The Bertz CT molecular complexity index is 504. The van der Waals surface area contributed by atoms with Crippen LogP contribution in [0.2, 0.25) is 0 Å². The summed E-state index contributed by atoms with van der Waals surface area (Å²) in [5.74, 6) is -0.600. The lowest BCUT2D eigenvalue weighted by Crippen LogP contribution is -2.20. The minimum atomic E-state index is -4.62. The van der Waals surface area contributed by atoms with E-state index in [0.717, 1.165) is 23.9 Å². The number of aliphatic hydroxyl groups excluding tert-OH is 1. The van der Waals surface area contributed by atoms with E-state index in [2.05, 4.69) is 5.16 Å². The van der Waals surface area contributed by atoms with Gasteiger partial charge in [-0.1, -0.05) is 12.1 Å². The van der Waals surface area contributed by atoms with Crippen molar-refractivity contribution in [3.05, 3.63) is 29.3 Å². The van der Waals surface area contributed by atoms with Crippen molar-refractivity contribution in [1.29, 1.82) is 0 Å². The number of oxime groups is 1.